The molecule has 0 aliphatic carbocycles. The van der Waals surface area contributed by atoms with E-state index in [9.17, 15) is 18.4 Å². The van der Waals surface area contributed by atoms with Crippen molar-refractivity contribution < 1.29 is 13.6 Å². The highest BCUT2D eigenvalue weighted by atomic mass is 32.1. The standard InChI is InChI=1S/C17H17F2NO2S/c1-17(2,3)14(21)9-15-20(4)16(22)13(23-15)8-10-11(18)6-5-7-12(10)19/h5-9H,1-4H3. The first kappa shape index (κ1) is 17.3. The number of halogens is 2. The molecule has 0 saturated heterocycles. The molecule has 2 aromatic rings. The summed E-state index contributed by atoms with van der Waals surface area (Å²) in [6, 6.07) is 3.52. The van der Waals surface area contributed by atoms with Crippen LogP contribution in [-0.2, 0) is 11.8 Å². The van der Waals surface area contributed by atoms with Crippen LogP contribution >= 0.6 is 11.3 Å². The van der Waals surface area contributed by atoms with E-state index in [0.29, 0.717) is 4.66 Å². The summed E-state index contributed by atoms with van der Waals surface area (Å²) < 4.78 is 29.3. The van der Waals surface area contributed by atoms with Gasteiger partial charge in [-0.15, -0.1) is 11.3 Å². The maximum absolute atomic E-state index is 13.7. The van der Waals surface area contributed by atoms with Gasteiger partial charge in [0, 0.05) is 24.1 Å². The summed E-state index contributed by atoms with van der Waals surface area (Å²) in [4.78, 5) is 24.3. The fraction of sp³-hybridized carbons (Fsp3) is 0.294. The molecule has 0 radical (unpaired) electrons. The highest BCUT2D eigenvalue weighted by Gasteiger charge is 2.19. The van der Waals surface area contributed by atoms with Crippen LogP contribution in [0.25, 0.3) is 12.2 Å². The minimum Gasteiger partial charge on any atom is -0.302 e. The molecule has 0 aliphatic rings. The van der Waals surface area contributed by atoms with Crippen LogP contribution < -0.4 is 14.8 Å². The highest BCUT2D eigenvalue weighted by molar-refractivity contribution is 7.07. The normalized spacial score (nSPS) is 13.7. The summed E-state index contributed by atoms with van der Waals surface area (Å²) in [5, 5.41) is 0. The number of thiazole rings is 1. The minimum absolute atomic E-state index is 0.127. The van der Waals surface area contributed by atoms with Crippen LogP contribution in [0.2, 0.25) is 0 Å². The number of rotatable bonds is 2. The van der Waals surface area contributed by atoms with Gasteiger partial charge in [0.15, 0.2) is 5.78 Å². The van der Waals surface area contributed by atoms with E-state index in [1.165, 1.54) is 29.8 Å². The van der Waals surface area contributed by atoms with Crippen molar-refractivity contribution in [2.24, 2.45) is 12.5 Å². The van der Waals surface area contributed by atoms with Gasteiger partial charge in [0.1, 0.15) is 16.3 Å². The Hall–Kier alpha value is -2.08. The van der Waals surface area contributed by atoms with Gasteiger partial charge in [-0.3, -0.25) is 9.59 Å². The fourth-order valence-electron chi connectivity index (χ4n) is 1.82. The Morgan fingerprint density at radius 1 is 1.22 bits per heavy atom. The van der Waals surface area contributed by atoms with Crippen molar-refractivity contribution in [3.8, 4) is 0 Å². The topological polar surface area (TPSA) is 39.1 Å². The average Bonchev–Trinajstić information content (AvgIpc) is 2.70. The number of carbonyl (C=O) groups is 1. The highest BCUT2D eigenvalue weighted by Crippen LogP contribution is 2.15. The molecule has 0 saturated carbocycles. The second-order valence-corrected chi connectivity index (χ2v) is 7.27. The van der Waals surface area contributed by atoms with E-state index >= 15 is 0 Å². The van der Waals surface area contributed by atoms with Gasteiger partial charge in [-0.2, -0.15) is 0 Å². The monoisotopic (exact) mass is 337 g/mol. The van der Waals surface area contributed by atoms with Crippen LogP contribution in [-0.4, -0.2) is 10.4 Å². The maximum Gasteiger partial charge on any atom is 0.268 e. The average molecular weight is 337 g/mol. The fourth-order valence-corrected chi connectivity index (χ4v) is 2.83. The van der Waals surface area contributed by atoms with Crippen molar-refractivity contribution in [1.82, 2.24) is 4.57 Å². The second-order valence-electron chi connectivity index (χ2n) is 6.21. The summed E-state index contributed by atoms with van der Waals surface area (Å²) in [5.41, 5.74) is -1.23. The molecule has 0 amide bonds. The third kappa shape index (κ3) is 3.64. The van der Waals surface area contributed by atoms with Crippen LogP contribution in [0.5, 0.6) is 0 Å². The predicted octanol–water partition coefficient (Wildman–Crippen LogP) is 1.95. The first-order valence-electron chi connectivity index (χ1n) is 6.99. The Labute approximate surface area is 136 Å². The third-order valence-electron chi connectivity index (χ3n) is 3.33. The Bertz CT molecular complexity index is 913. The smallest absolute Gasteiger partial charge is 0.268 e. The van der Waals surface area contributed by atoms with Crippen molar-refractivity contribution in [2.75, 3.05) is 0 Å². The van der Waals surface area contributed by atoms with Gasteiger partial charge in [0.2, 0.25) is 0 Å². The van der Waals surface area contributed by atoms with Crippen LogP contribution in [0.1, 0.15) is 26.3 Å². The molecule has 0 bridgehead atoms. The number of nitrogens with zero attached hydrogens (tertiary/aromatic N) is 1. The maximum atomic E-state index is 13.7. The van der Waals surface area contributed by atoms with Gasteiger partial charge in [-0.05, 0) is 18.2 Å². The molecule has 1 aromatic heterocycles. The Balaban J connectivity index is 2.67. The van der Waals surface area contributed by atoms with E-state index in [1.807, 2.05) is 0 Å². The minimum atomic E-state index is -0.739. The van der Waals surface area contributed by atoms with Crippen LogP contribution in [0.4, 0.5) is 8.78 Å². The van der Waals surface area contributed by atoms with Crippen LogP contribution in [0.15, 0.2) is 23.0 Å². The number of benzene rings is 1. The van der Waals surface area contributed by atoms with Gasteiger partial charge in [0.25, 0.3) is 5.56 Å². The first-order valence-corrected chi connectivity index (χ1v) is 7.80. The SMILES string of the molecule is Cn1c(=CC(=O)C(C)(C)C)sc(=Cc2c(F)cccc2F)c1=O. The van der Waals surface area contributed by atoms with Gasteiger partial charge < -0.3 is 4.57 Å². The Kier molecular flexibility index (Phi) is 4.66. The van der Waals surface area contributed by atoms with Crippen molar-refractivity contribution in [3.63, 3.8) is 0 Å². The van der Waals surface area contributed by atoms with E-state index in [0.717, 1.165) is 23.5 Å². The summed E-state index contributed by atoms with van der Waals surface area (Å²) in [6.45, 7) is 5.33. The molecular weight excluding hydrogens is 320 g/mol. The van der Waals surface area contributed by atoms with Crippen molar-refractivity contribution in [1.29, 1.82) is 0 Å². The molecule has 1 heterocycles. The summed E-state index contributed by atoms with van der Waals surface area (Å²) in [7, 11) is 1.52. The molecule has 3 nitrogen and oxygen atoms in total. The molecule has 6 heteroatoms. The molecule has 122 valence electrons. The van der Waals surface area contributed by atoms with Gasteiger partial charge in [0.05, 0.1) is 4.53 Å². The molecule has 0 N–H and O–H groups in total. The molecule has 0 spiro atoms. The van der Waals surface area contributed by atoms with Crippen LogP contribution in [0, 0.1) is 17.0 Å². The number of aromatic nitrogens is 1. The van der Waals surface area contributed by atoms with Gasteiger partial charge >= 0.3 is 0 Å². The van der Waals surface area contributed by atoms with E-state index in [4.69, 9.17) is 0 Å². The molecule has 0 fully saturated rings. The van der Waals surface area contributed by atoms with E-state index < -0.39 is 22.6 Å². The molecule has 1 aromatic carbocycles. The Morgan fingerprint density at radius 2 is 1.78 bits per heavy atom. The quantitative estimate of drug-likeness (QED) is 0.840. The molecule has 23 heavy (non-hydrogen) atoms. The van der Waals surface area contributed by atoms with Gasteiger partial charge in [-0.1, -0.05) is 26.8 Å². The van der Waals surface area contributed by atoms with Crippen molar-refractivity contribution in [2.45, 2.75) is 20.8 Å². The lowest BCUT2D eigenvalue weighted by Gasteiger charge is -2.12. The number of ketones is 1. The lowest BCUT2D eigenvalue weighted by molar-refractivity contribution is -0.120. The summed E-state index contributed by atoms with van der Waals surface area (Å²) >= 11 is 1.03. The second kappa shape index (κ2) is 6.20. The summed E-state index contributed by atoms with van der Waals surface area (Å²) in [6.07, 6.45) is 2.57. The number of Topliss-reactive ketones (excluding diaryl/α,β-unsaturated/α-hetero) is 1. The first-order chi connectivity index (χ1) is 10.6. The predicted molar refractivity (Wildman–Crippen MR) is 87.7 cm³/mol. The molecule has 0 unspecified atom stereocenters. The summed E-state index contributed by atoms with van der Waals surface area (Å²) in [5.74, 6) is -1.61. The lowest BCUT2D eigenvalue weighted by atomic mass is 9.91. The number of hydrogen-bond acceptors (Lipinski definition) is 3. The van der Waals surface area contributed by atoms with Crippen molar-refractivity contribution in [3.05, 3.63) is 54.9 Å². The zero-order chi connectivity index (χ0) is 17.4. The zero-order valence-corrected chi connectivity index (χ0v) is 14.1. The zero-order valence-electron chi connectivity index (χ0n) is 13.3. The van der Waals surface area contributed by atoms with E-state index in [2.05, 4.69) is 0 Å². The van der Waals surface area contributed by atoms with Crippen molar-refractivity contribution >= 4 is 29.3 Å². The third-order valence-corrected chi connectivity index (χ3v) is 4.44. The molecule has 0 atom stereocenters. The molecular formula is C17H17F2NO2S. The van der Waals surface area contributed by atoms with E-state index in [-0.39, 0.29) is 15.9 Å². The van der Waals surface area contributed by atoms with E-state index in [1.54, 1.807) is 20.8 Å². The molecule has 0 aliphatic heterocycles. The number of carbonyl (C=O) groups excluding carboxylic acids is 1. The van der Waals surface area contributed by atoms with Gasteiger partial charge in [-0.25, -0.2) is 8.78 Å². The number of hydrogen-bond donors (Lipinski definition) is 0. The lowest BCUT2D eigenvalue weighted by Crippen LogP contribution is -2.30. The molecule has 2 rings (SSSR count). The van der Waals surface area contributed by atoms with Crippen LogP contribution in [0.3, 0.4) is 0 Å². The largest absolute Gasteiger partial charge is 0.302 e. The Morgan fingerprint density at radius 3 is 2.30 bits per heavy atom.